The molecule has 0 aliphatic carbocycles. The van der Waals surface area contributed by atoms with Gasteiger partial charge in [-0.2, -0.15) is 0 Å². The van der Waals surface area contributed by atoms with Crippen LogP contribution in [0.3, 0.4) is 0 Å². The summed E-state index contributed by atoms with van der Waals surface area (Å²) < 4.78 is 0. The number of fused-ring (bicyclic) bond motifs is 1. The molecule has 0 atom stereocenters. The Morgan fingerprint density at radius 3 is 2.41 bits per heavy atom. The first kappa shape index (κ1) is 20.6. The molecular weight excluding hydrogens is 321 g/mol. The van der Waals surface area contributed by atoms with Crippen LogP contribution in [0.15, 0.2) is 36.4 Å². The van der Waals surface area contributed by atoms with Crippen molar-refractivity contribution in [3.05, 3.63) is 42.1 Å². The molecular formula is C16H23Cl2N3O. The van der Waals surface area contributed by atoms with Crippen molar-refractivity contribution in [2.75, 3.05) is 6.54 Å². The lowest BCUT2D eigenvalue weighted by Gasteiger charge is -2.26. The van der Waals surface area contributed by atoms with Gasteiger partial charge in [0.1, 0.15) is 5.69 Å². The first-order valence-corrected chi connectivity index (χ1v) is 7.01. The Hall–Kier alpha value is -1.36. The molecule has 22 heavy (non-hydrogen) atoms. The van der Waals surface area contributed by atoms with Crippen molar-refractivity contribution in [1.82, 2.24) is 10.3 Å². The minimum atomic E-state index is -0.341. The van der Waals surface area contributed by atoms with Crippen LogP contribution in [0, 0.1) is 0 Å². The van der Waals surface area contributed by atoms with Gasteiger partial charge < -0.3 is 11.1 Å². The number of para-hydroxylation sites is 1. The van der Waals surface area contributed by atoms with Gasteiger partial charge in [0.05, 0.1) is 5.52 Å². The molecule has 3 N–H and O–H groups in total. The first-order valence-electron chi connectivity index (χ1n) is 7.01. The molecule has 1 aromatic heterocycles. The van der Waals surface area contributed by atoms with Gasteiger partial charge in [-0.3, -0.25) is 4.79 Å². The smallest absolute Gasteiger partial charge is 0.269 e. The number of benzene rings is 1. The van der Waals surface area contributed by atoms with Gasteiger partial charge in [0.2, 0.25) is 0 Å². The number of hydrogen-bond acceptors (Lipinski definition) is 3. The number of rotatable bonds is 5. The molecule has 122 valence electrons. The van der Waals surface area contributed by atoms with E-state index in [4.69, 9.17) is 5.73 Å². The molecule has 2 rings (SSSR count). The van der Waals surface area contributed by atoms with Crippen molar-refractivity contribution in [1.29, 1.82) is 0 Å². The van der Waals surface area contributed by atoms with E-state index in [1.165, 1.54) is 0 Å². The van der Waals surface area contributed by atoms with Crippen molar-refractivity contribution in [3.63, 3.8) is 0 Å². The zero-order chi connectivity index (χ0) is 14.6. The van der Waals surface area contributed by atoms with Crippen LogP contribution in [0.25, 0.3) is 10.9 Å². The molecule has 0 bridgehead atoms. The predicted molar refractivity (Wildman–Crippen MR) is 96.1 cm³/mol. The summed E-state index contributed by atoms with van der Waals surface area (Å²) in [5.41, 5.74) is 7.09. The second kappa shape index (κ2) is 8.93. The van der Waals surface area contributed by atoms with Gasteiger partial charge in [-0.25, -0.2) is 4.98 Å². The summed E-state index contributed by atoms with van der Waals surface area (Å²) in [6.45, 7) is 4.53. The highest BCUT2D eigenvalue weighted by molar-refractivity contribution is 5.94. The van der Waals surface area contributed by atoms with Gasteiger partial charge in [0.15, 0.2) is 0 Å². The highest BCUT2D eigenvalue weighted by Gasteiger charge is 2.21. The second-order valence-corrected chi connectivity index (χ2v) is 5.14. The van der Waals surface area contributed by atoms with Crippen LogP contribution in [-0.4, -0.2) is 23.0 Å². The number of carbonyl (C=O) groups is 1. The topological polar surface area (TPSA) is 68.0 Å². The van der Waals surface area contributed by atoms with Crippen LogP contribution in [0.5, 0.6) is 0 Å². The van der Waals surface area contributed by atoms with Crippen LogP contribution < -0.4 is 11.1 Å². The monoisotopic (exact) mass is 343 g/mol. The van der Waals surface area contributed by atoms with Gasteiger partial charge in [0.25, 0.3) is 5.91 Å². The molecule has 2 aromatic rings. The van der Waals surface area contributed by atoms with E-state index >= 15 is 0 Å². The third kappa shape index (κ3) is 4.83. The lowest BCUT2D eigenvalue weighted by atomic mass is 9.94. The molecule has 1 aromatic carbocycles. The molecule has 4 nitrogen and oxygen atoms in total. The van der Waals surface area contributed by atoms with Crippen molar-refractivity contribution in [2.45, 2.75) is 32.2 Å². The molecule has 6 heteroatoms. The Morgan fingerprint density at radius 1 is 1.14 bits per heavy atom. The van der Waals surface area contributed by atoms with Crippen LogP contribution in [0.4, 0.5) is 0 Å². The molecule has 0 unspecified atom stereocenters. The van der Waals surface area contributed by atoms with E-state index in [2.05, 4.69) is 10.3 Å². The van der Waals surface area contributed by atoms with Crippen LogP contribution >= 0.6 is 24.8 Å². The first-order chi connectivity index (χ1) is 9.58. The van der Waals surface area contributed by atoms with E-state index in [1.807, 2.05) is 44.2 Å². The summed E-state index contributed by atoms with van der Waals surface area (Å²) in [6.07, 6.45) is 1.66. The molecule has 1 heterocycles. The molecule has 0 aliphatic rings. The number of carbonyl (C=O) groups excluding carboxylic acids is 1. The van der Waals surface area contributed by atoms with Crippen molar-refractivity contribution in [2.24, 2.45) is 5.73 Å². The van der Waals surface area contributed by atoms with E-state index in [0.717, 1.165) is 23.7 Å². The average molecular weight is 344 g/mol. The van der Waals surface area contributed by atoms with E-state index in [-0.39, 0.29) is 36.3 Å². The van der Waals surface area contributed by atoms with Crippen LogP contribution in [-0.2, 0) is 0 Å². The lowest BCUT2D eigenvalue weighted by Crippen LogP contribution is -2.49. The fraction of sp³-hybridized carbons (Fsp3) is 0.375. The fourth-order valence-corrected chi connectivity index (χ4v) is 2.04. The Labute approximate surface area is 143 Å². The lowest BCUT2D eigenvalue weighted by molar-refractivity contribution is 0.0937. The Morgan fingerprint density at radius 2 is 1.77 bits per heavy atom. The van der Waals surface area contributed by atoms with Crippen LogP contribution in [0.1, 0.15) is 37.2 Å². The maximum atomic E-state index is 12.1. The largest absolute Gasteiger partial charge is 0.349 e. The SMILES string of the molecule is CCC(N)(CC)CNC(=O)c1ccc2ccccc2n1.Cl.Cl. The predicted octanol–water partition coefficient (Wildman–Crippen LogP) is 3.33. The van der Waals surface area contributed by atoms with E-state index in [1.54, 1.807) is 6.07 Å². The van der Waals surface area contributed by atoms with Gasteiger partial charge in [-0.1, -0.05) is 38.1 Å². The number of nitrogens with one attached hydrogen (secondary N) is 1. The van der Waals surface area contributed by atoms with E-state index < -0.39 is 0 Å². The summed E-state index contributed by atoms with van der Waals surface area (Å²) in [6, 6.07) is 11.4. The molecule has 0 aliphatic heterocycles. The average Bonchev–Trinajstić information content (AvgIpc) is 2.51. The van der Waals surface area contributed by atoms with Gasteiger partial charge in [-0.05, 0) is 25.0 Å². The van der Waals surface area contributed by atoms with Crippen molar-refractivity contribution >= 4 is 41.6 Å². The highest BCUT2D eigenvalue weighted by Crippen LogP contribution is 2.13. The van der Waals surface area contributed by atoms with Crippen molar-refractivity contribution < 1.29 is 4.79 Å². The Kier molecular flexibility index (Phi) is 8.38. The van der Waals surface area contributed by atoms with Gasteiger partial charge >= 0.3 is 0 Å². The van der Waals surface area contributed by atoms with Crippen molar-refractivity contribution in [3.8, 4) is 0 Å². The fourth-order valence-electron chi connectivity index (χ4n) is 2.04. The molecule has 0 saturated carbocycles. The number of hydrogen-bond donors (Lipinski definition) is 2. The maximum Gasteiger partial charge on any atom is 0.269 e. The standard InChI is InChI=1S/C16H21N3O.2ClH/c1-3-16(17,4-2)11-18-15(20)14-10-9-12-7-5-6-8-13(12)19-14;;/h5-10H,3-4,11,17H2,1-2H3,(H,18,20);2*1H. The summed E-state index contributed by atoms with van der Waals surface area (Å²) in [4.78, 5) is 16.5. The summed E-state index contributed by atoms with van der Waals surface area (Å²) >= 11 is 0. The summed E-state index contributed by atoms with van der Waals surface area (Å²) in [5, 5.41) is 3.91. The summed E-state index contributed by atoms with van der Waals surface area (Å²) in [7, 11) is 0. The number of halogens is 2. The van der Waals surface area contributed by atoms with E-state index in [9.17, 15) is 4.79 Å². The molecule has 0 spiro atoms. The number of pyridine rings is 1. The maximum absolute atomic E-state index is 12.1. The summed E-state index contributed by atoms with van der Waals surface area (Å²) in [5.74, 6) is -0.174. The van der Waals surface area contributed by atoms with E-state index in [0.29, 0.717) is 12.2 Å². The molecule has 1 amide bonds. The van der Waals surface area contributed by atoms with Gasteiger partial charge in [-0.15, -0.1) is 24.8 Å². The third-order valence-corrected chi connectivity index (χ3v) is 3.84. The minimum Gasteiger partial charge on any atom is -0.349 e. The third-order valence-electron chi connectivity index (χ3n) is 3.84. The highest BCUT2D eigenvalue weighted by atomic mass is 35.5. The Bertz CT molecular complexity index is 615. The van der Waals surface area contributed by atoms with Crippen LogP contribution in [0.2, 0.25) is 0 Å². The zero-order valence-electron chi connectivity index (χ0n) is 12.8. The minimum absolute atomic E-state index is 0. The Balaban J connectivity index is 0.00000220. The number of nitrogens with two attached hydrogens (primary N) is 1. The number of aromatic nitrogens is 1. The van der Waals surface area contributed by atoms with Gasteiger partial charge in [0, 0.05) is 17.5 Å². The molecule has 0 fully saturated rings. The second-order valence-electron chi connectivity index (χ2n) is 5.14. The normalized spacial score (nSPS) is 10.5. The molecule has 0 saturated heterocycles. The zero-order valence-corrected chi connectivity index (χ0v) is 14.5. The molecule has 0 radical (unpaired) electrons. The number of nitrogens with zero attached hydrogens (tertiary/aromatic N) is 1. The quantitative estimate of drug-likeness (QED) is 0.874. The number of amides is 1.